The standard InChI is InChI=1S/C21H22N2O4/c1-22-10-11-23(12-19(22)20(24)25)21(26)27-13-18-16-8-4-2-6-14(16)15-7-3-5-9-17(15)18/h2-9,18-19H,10-13H2,1H3,(H,24,25)/t19-/m0/s1. The molecule has 0 aromatic heterocycles. The van der Waals surface area contributed by atoms with Gasteiger partial charge in [0.15, 0.2) is 0 Å². The Morgan fingerprint density at radius 1 is 1.04 bits per heavy atom. The number of likely N-dealkylation sites (N-methyl/N-ethyl adjacent to an activating group) is 1. The van der Waals surface area contributed by atoms with Gasteiger partial charge in [0.05, 0.1) is 6.54 Å². The number of fused-ring (bicyclic) bond motifs is 3. The van der Waals surface area contributed by atoms with Crippen molar-refractivity contribution in [1.82, 2.24) is 9.80 Å². The van der Waals surface area contributed by atoms with Crippen LogP contribution in [0.2, 0.25) is 0 Å². The van der Waals surface area contributed by atoms with E-state index in [0.29, 0.717) is 13.1 Å². The number of aliphatic carboxylic acids is 1. The van der Waals surface area contributed by atoms with Gasteiger partial charge in [-0.25, -0.2) is 4.79 Å². The molecule has 0 bridgehead atoms. The number of benzene rings is 2. The van der Waals surface area contributed by atoms with Gasteiger partial charge in [-0.2, -0.15) is 0 Å². The Kier molecular flexibility index (Phi) is 4.58. The van der Waals surface area contributed by atoms with Crippen molar-refractivity contribution < 1.29 is 19.4 Å². The van der Waals surface area contributed by atoms with E-state index in [4.69, 9.17) is 4.74 Å². The summed E-state index contributed by atoms with van der Waals surface area (Å²) in [4.78, 5) is 27.1. The van der Waals surface area contributed by atoms with E-state index >= 15 is 0 Å². The normalized spacial score (nSPS) is 19.4. The highest BCUT2D eigenvalue weighted by molar-refractivity contribution is 5.79. The number of hydrogen-bond acceptors (Lipinski definition) is 4. The van der Waals surface area contributed by atoms with Crippen molar-refractivity contribution in [3.63, 3.8) is 0 Å². The number of nitrogens with zero attached hydrogens (tertiary/aromatic N) is 2. The summed E-state index contributed by atoms with van der Waals surface area (Å²) in [6.45, 7) is 1.37. The molecule has 140 valence electrons. The zero-order valence-electron chi connectivity index (χ0n) is 15.2. The Morgan fingerprint density at radius 2 is 1.63 bits per heavy atom. The van der Waals surface area contributed by atoms with Crippen LogP contribution < -0.4 is 0 Å². The molecule has 0 saturated carbocycles. The van der Waals surface area contributed by atoms with E-state index in [-0.39, 0.29) is 19.1 Å². The van der Waals surface area contributed by atoms with Gasteiger partial charge in [0.1, 0.15) is 12.6 Å². The second-order valence-electron chi connectivity index (χ2n) is 7.08. The second-order valence-corrected chi connectivity index (χ2v) is 7.08. The Bertz CT molecular complexity index is 836. The lowest BCUT2D eigenvalue weighted by atomic mass is 9.98. The first kappa shape index (κ1) is 17.5. The molecule has 1 aliphatic carbocycles. The lowest BCUT2D eigenvalue weighted by molar-refractivity contribution is -0.144. The quantitative estimate of drug-likeness (QED) is 0.904. The molecule has 1 fully saturated rings. The summed E-state index contributed by atoms with van der Waals surface area (Å²) in [5.74, 6) is -0.919. The Morgan fingerprint density at radius 3 is 2.22 bits per heavy atom. The minimum Gasteiger partial charge on any atom is -0.480 e. The number of carboxylic acids is 1. The highest BCUT2D eigenvalue weighted by atomic mass is 16.6. The summed E-state index contributed by atoms with van der Waals surface area (Å²) in [5, 5.41) is 9.31. The number of rotatable bonds is 3. The van der Waals surface area contributed by atoms with Gasteiger partial charge in [0, 0.05) is 19.0 Å². The second kappa shape index (κ2) is 7.04. The minimum atomic E-state index is -0.923. The van der Waals surface area contributed by atoms with Crippen LogP contribution in [0.4, 0.5) is 4.79 Å². The van der Waals surface area contributed by atoms with Gasteiger partial charge in [-0.1, -0.05) is 48.5 Å². The predicted molar refractivity (Wildman–Crippen MR) is 101 cm³/mol. The average Bonchev–Trinajstić information content (AvgIpc) is 3.00. The molecule has 1 aliphatic heterocycles. The van der Waals surface area contributed by atoms with E-state index in [2.05, 4.69) is 24.3 Å². The van der Waals surface area contributed by atoms with Crippen LogP contribution in [0.15, 0.2) is 48.5 Å². The van der Waals surface area contributed by atoms with Crippen LogP contribution in [0.5, 0.6) is 0 Å². The molecule has 2 aromatic rings. The number of amides is 1. The highest BCUT2D eigenvalue weighted by Crippen LogP contribution is 2.44. The number of hydrogen-bond donors (Lipinski definition) is 1. The van der Waals surface area contributed by atoms with Gasteiger partial charge < -0.3 is 14.7 Å². The van der Waals surface area contributed by atoms with Gasteiger partial charge >= 0.3 is 12.1 Å². The highest BCUT2D eigenvalue weighted by Gasteiger charge is 2.34. The molecule has 0 radical (unpaired) electrons. The molecule has 6 heteroatoms. The maximum atomic E-state index is 12.5. The van der Waals surface area contributed by atoms with Crippen molar-refractivity contribution in [3.8, 4) is 11.1 Å². The Balaban J connectivity index is 1.47. The fourth-order valence-electron chi connectivity index (χ4n) is 3.99. The van der Waals surface area contributed by atoms with Crippen LogP contribution in [0, 0.1) is 0 Å². The zero-order chi connectivity index (χ0) is 19.0. The van der Waals surface area contributed by atoms with Crippen molar-refractivity contribution in [3.05, 3.63) is 59.7 Å². The summed E-state index contributed by atoms with van der Waals surface area (Å²) in [7, 11) is 1.76. The number of carboxylic acid groups (broad SMARTS) is 1. The molecule has 0 spiro atoms. The summed E-state index contributed by atoms with van der Waals surface area (Å²) in [5.41, 5.74) is 4.68. The number of carbonyl (C=O) groups excluding carboxylic acids is 1. The van der Waals surface area contributed by atoms with E-state index in [9.17, 15) is 14.7 Å². The number of carbonyl (C=O) groups is 2. The largest absolute Gasteiger partial charge is 0.480 e. The first-order valence-electron chi connectivity index (χ1n) is 9.09. The first-order chi connectivity index (χ1) is 13.1. The fraction of sp³-hybridized carbons (Fsp3) is 0.333. The maximum absolute atomic E-state index is 12.5. The van der Waals surface area contributed by atoms with E-state index in [1.807, 2.05) is 24.3 Å². The SMILES string of the molecule is CN1CCN(C(=O)OCC2c3ccccc3-c3ccccc32)C[C@H]1C(=O)O. The summed E-state index contributed by atoms with van der Waals surface area (Å²) in [6.07, 6.45) is -0.448. The molecular weight excluding hydrogens is 344 g/mol. The molecular formula is C21H22N2O4. The molecule has 1 amide bonds. The topological polar surface area (TPSA) is 70.1 Å². The van der Waals surface area contributed by atoms with Crippen LogP contribution in [0.25, 0.3) is 11.1 Å². The minimum absolute atomic E-state index is 0.00378. The zero-order valence-corrected chi connectivity index (χ0v) is 15.2. The van der Waals surface area contributed by atoms with Crippen LogP contribution in [0.1, 0.15) is 17.0 Å². The molecule has 27 heavy (non-hydrogen) atoms. The van der Waals surface area contributed by atoms with Crippen molar-refractivity contribution in [2.75, 3.05) is 33.3 Å². The molecule has 1 atom stereocenters. The van der Waals surface area contributed by atoms with Gasteiger partial charge in [-0.3, -0.25) is 9.69 Å². The van der Waals surface area contributed by atoms with Gasteiger partial charge in [0.2, 0.25) is 0 Å². The molecule has 1 heterocycles. The number of ether oxygens (including phenoxy) is 1. The van der Waals surface area contributed by atoms with Crippen molar-refractivity contribution in [2.45, 2.75) is 12.0 Å². The maximum Gasteiger partial charge on any atom is 0.409 e. The van der Waals surface area contributed by atoms with Crippen LogP contribution >= 0.6 is 0 Å². The van der Waals surface area contributed by atoms with Crippen molar-refractivity contribution in [2.24, 2.45) is 0 Å². The lowest BCUT2D eigenvalue weighted by Gasteiger charge is -2.36. The van der Waals surface area contributed by atoms with Gasteiger partial charge in [-0.05, 0) is 29.3 Å². The lowest BCUT2D eigenvalue weighted by Crippen LogP contribution is -2.56. The van der Waals surface area contributed by atoms with E-state index in [1.54, 1.807) is 11.9 Å². The molecule has 1 saturated heterocycles. The third-order valence-electron chi connectivity index (χ3n) is 5.53. The smallest absolute Gasteiger partial charge is 0.409 e. The van der Waals surface area contributed by atoms with E-state index in [0.717, 1.165) is 11.1 Å². The summed E-state index contributed by atoms with van der Waals surface area (Å²) >= 11 is 0. The predicted octanol–water partition coefficient (Wildman–Crippen LogP) is 2.64. The molecule has 4 rings (SSSR count). The molecule has 2 aromatic carbocycles. The monoisotopic (exact) mass is 366 g/mol. The molecule has 2 aliphatic rings. The van der Waals surface area contributed by atoms with Crippen LogP contribution in [0.3, 0.4) is 0 Å². The first-order valence-corrected chi connectivity index (χ1v) is 9.09. The molecule has 0 unspecified atom stereocenters. The third-order valence-corrected chi connectivity index (χ3v) is 5.53. The third kappa shape index (κ3) is 3.17. The van der Waals surface area contributed by atoms with E-state index < -0.39 is 18.1 Å². The van der Waals surface area contributed by atoms with Crippen molar-refractivity contribution in [1.29, 1.82) is 0 Å². The average molecular weight is 366 g/mol. The molecule has 6 nitrogen and oxygen atoms in total. The summed E-state index contributed by atoms with van der Waals surface area (Å²) < 4.78 is 5.62. The van der Waals surface area contributed by atoms with Gasteiger partial charge in [-0.15, -0.1) is 0 Å². The number of piperazine rings is 1. The molecule has 1 N–H and O–H groups in total. The summed E-state index contributed by atoms with van der Waals surface area (Å²) in [6, 6.07) is 15.7. The van der Waals surface area contributed by atoms with Crippen LogP contribution in [-0.2, 0) is 9.53 Å². The van der Waals surface area contributed by atoms with Crippen LogP contribution in [-0.4, -0.2) is 66.3 Å². The van der Waals surface area contributed by atoms with E-state index in [1.165, 1.54) is 16.0 Å². The Labute approximate surface area is 158 Å². The fourth-order valence-corrected chi connectivity index (χ4v) is 3.99. The Hall–Kier alpha value is -2.86. The van der Waals surface area contributed by atoms with Gasteiger partial charge in [0.25, 0.3) is 0 Å². The van der Waals surface area contributed by atoms with Crippen molar-refractivity contribution >= 4 is 12.1 Å².